The maximum Gasteiger partial charge on any atom is 0.237 e. The van der Waals surface area contributed by atoms with Crippen molar-refractivity contribution in [2.45, 2.75) is 37.8 Å². The molecule has 23 heavy (non-hydrogen) atoms. The van der Waals surface area contributed by atoms with Gasteiger partial charge in [0.15, 0.2) is 5.78 Å². The van der Waals surface area contributed by atoms with E-state index in [9.17, 15) is 9.59 Å². The molecule has 0 bridgehead atoms. The van der Waals surface area contributed by atoms with Crippen LogP contribution in [0.15, 0.2) is 47.4 Å². The molecule has 0 aliphatic carbocycles. The molecule has 120 valence electrons. The quantitative estimate of drug-likeness (QED) is 0.643. The van der Waals surface area contributed by atoms with Gasteiger partial charge in [-0.3, -0.25) is 9.59 Å². The Labute approximate surface area is 141 Å². The van der Waals surface area contributed by atoms with Crippen LogP contribution in [0.25, 0.3) is 0 Å². The summed E-state index contributed by atoms with van der Waals surface area (Å²) in [6.45, 7) is 7.56. The second kappa shape index (κ2) is 7.47. The largest absolute Gasteiger partial charge is 0.325 e. The summed E-state index contributed by atoms with van der Waals surface area (Å²) in [6, 6.07) is 13.2. The molecule has 1 N–H and O–H groups in total. The number of nitrogens with one attached hydrogen (secondary N) is 1. The number of Topliss-reactive ketones (excluding diaryl/α,β-unsaturated/α-hetero) is 1. The number of anilines is 1. The normalized spacial score (nSPS) is 11.8. The Kier molecular flexibility index (Phi) is 5.61. The van der Waals surface area contributed by atoms with Crippen LogP contribution in [0.3, 0.4) is 0 Å². The standard InChI is InChI=1S/C19H21NO2S/c1-12-5-10-18(11-13(12)2)23-15(4)19(22)20-17-8-6-16(7-9-17)14(3)21/h5-11,15H,1-4H3,(H,20,22)/t15-/m0/s1. The van der Waals surface area contributed by atoms with E-state index in [-0.39, 0.29) is 16.9 Å². The summed E-state index contributed by atoms with van der Waals surface area (Å²) < 4.78 is 0. The highest BCUT2D eigenvalue weighted by Crippen LogP contribution is 2.26. The van der Waals surface area contributed by atoms with Crippen molar-refractivity contribution in [2.24, 2.45) is 0 Å². The molecule has 0 radical (unpaired) electrons. The first-order valence-corrected chi connectivity index (χ1v) is 8.40. The number of benzene rings is 2. The number of carbonyl (C=O) groups is 2. The molecule has 0 aromatic heterocycles. The van der Waals surface area contributed by atoms with E-state index in [0.717, 1.165) is 4.90 Å². The van der Waals surface area contributed by atoms with E-state index in [1.54, 1.807) is 24.3 Å². The Morgan fingerprint density at radius 3 is 2.22 bits per heavy atom. The summed E-state index contributed by atoms with van der Waals surface area (Å²) >= 11 is 1.54. The predicted octanol–water partition coefficient (Wildman–Crippen LogP) is 4.63. The molecule has 2 rings (SSSR count). The molecule has 0 aliphatic rings. The lowest BCUT2D eigenvalue weighted by molar-refractivity contribution is -0.115. The van der Waals surface area contributed by atoms with Crippen molar-refractivity contribution in [2.75, 3.05) is 5.32 Å². The number of hydrogen-bond donors (Lipinski definition) is 1. The molecule has 4 heteroatoms. The van der Waals surface area contributed by atoms with E-state index in [1.807, 2.05) is 13.0 Å². The van der Waals surface area contributed by atoms with Gasteiger partial charge in [0.2, 0.25) is 5.91 Å². The number of aryl methyl sites for hydroxylation is 2. The number of amides is 1. The van der Waals surface area contributed by atoms with Gasteiger partial charge in [0, 0.05) is 16.1 Å². The van der Waals surface area contributed by atoms with Gasteiger partial charge < -0.3 is 5.32 Å². The highest BCUT2D eigenvalue weighted by Gasteiger charge is 2.15. The van der Waals surface area contributed by atoms with E-state index in [0.29, 0.717) is 11.3 Å². The van der Waals surface area contributed by atoms with Crippen LogP contribution >= 0.6 is 11.8 Å². The lowest BCUT2D eigenvalue weighted by Gasteiger charge is -2.13. The van der Waals surface area contributed by atoms with Gasteiger partial charge in [-0.1, -0.05) is 6.07 Å². The van der Waals surface area contributed by atoms with Gasteiger partial charge in [-0.25, -0.2) is 0 Å². The second-order valence-corrected chi connectivity index (χ2v) is 7.04. The molecule has 0 spiro atoms. The van der Waals surface area contributed by atoms with Gasteiger partial charge in [0.1, 0.15) is 0 Å². The molecule has 0 fully saturated rings. The molecule has 0 aliphatic heterocycles. The fourth-order valence-corrected chi connectivity index (χ4v) is 3.04. The number of thioether (sulfide) groups is 1. The summed E-state index contributed by atoms with van der Waals surface area (Å²) in [5.74, 6) is -0.0367. The van der Waals surface area contributed by atoms with Gasteiger partial charge in [-0.15, -0.1) is 11.8 Å². The van der Waals surface area contributed by atoms with E-state index in [4.69, 9.17) is 0 Å². The molecule has 0 saturated heterocycles. The van der Waals surface area contributed by atoms with Crippen molar-refractivity contribution in [3.05, 3.63) is 59.2 Å². The van der Waals surface area contributed by atoms with Crippen molar-refractivity contribution >= 4 is 29.1 Å². The van der Waals surface area contributed by atoms with Crippen molar-refractivity contribution in [1.29, 1.82) is 0 Å². The molecule has 1 amide bonds. The predicted molar refractivity (Wildman–Crippen MR) is 96.3 cm³/mol. The third-order valence-electron chi connectivity index (χ3n) is 3.72. The highest BCUT2D eigenvalue weighted by atomic mass is 32.2. The molecule has 2 aromatic carbocycles. The van der Waals surface area contributed by atoms with Crippen LogP contribution in [0.2, 0.25) is 0 Å². The van der Waals surface area contributed by atoms with Crippen LogP contribution in [0.1, 0.15) is 35.3 Å². The van der Waals surface area contributed by atoms with Gasteiger partial charge >= 0.3 is 0 Å². The topological polar surface area (TPSA) is 46.2 Å². The molecule has 1 atom stereocenters. The van der Waals surface area contributed by atoms with Crippen LogP contribution in [0, 0.1) is 13.8 Å². The molecular weight excluding hydrogens is 306 g/mol. The Balaban J connectivity index is 1.99. The summed E-state index contributed by atoms with van der Waals surface area (Å²) in [5, 5.41) is 2.68. The maximum atomic E-state index is 12.3. The van der Waals surface area contributed by atoms with Crippen LogP contribution in [0.4, 0.5) is 5.69 Å². The number of rotatable bonds is 5. The van der Waals surface area contributed by atoms with E-state index < -0.39 is 0 Å². The van der Waals surface area contributed by atoms with Crippen molar-refractivity contribution < 1.29 is 9.59 Å². The van der Waals surface area contributed by atoms with Crippen LogP contribution in [0.5, 0.6) is 0 Å². The first kappa shape index (κ1) is 17.3. The van der Waals surface area contributed by atoms with Crippen molar-refractivity contribution in [1.82, 2.24) is 0 Å². The zero-order valence-electron chi connectivity index (χ0n) is 13.8. The van der Waals surface area contributed by atoms with Gasteiger partial charge in [-0.2, -0.15) is 0 Å². The summed E-state index contributed by atoms with van der Waals surface area (Å²) in [7, 11) is 0. The van der Waals surface area contributed by atoms with Crippen LogP contribution < -0.4 is 5.32 Å². The van der Waals surface area contributed by atoms with Gasteiger partial charge in [0.25, 0.3) is 0 Å². The second-order valence-electron chi connectivity index (χ2n) is 5.63. The summed E-state index contributed by atoms with van der Waals surface area (Å²) in [4.78, 5) is 24.6. The third-order valence-corrected chi connectivity index (χ3v) is 4.81. The Hall–Kier alpha value is -2.07. The average molecular weight is 327 g/mol. The SMILES string of the molecule is CC(=O)c1ccc(NC(=O)[C@H](C)Sc2ccc(C)c(C)c2)cc1. The first-order valence-electron chi connectivity index (χ1n) is 7.52. The fourth-order valence-electron chi connectivity index (χ4n) is 2.08. The number of carbonyl (C=O) groups excluding carboxylic acids is 2. The Morgan fingerprint density at radius 1 is 1.00 bits per heavy atom. The van der Waals surface area contributed by atoms with Crippen LogP contribution in [-0.2, 0) is 4.79 Å². The van der Waals surface area contributed by atoms with E-state index in [1.165, 1.54) is 29.8 Å². The van der Waals surface area contributed by atoms with Crippen molar-refractivity contribution in [3.63, 3.8) is 0 Å². The minimum Gasteiger partial charge on any atom is -0.325 e. The molecule has 0 saturated carbocycles. The Morgan fingerprint density at radius 2 is 1.65 bits per heavy atom. The van der Waals surface area contributed by atoms with E-state index in [2.05, 4.69) is 31.3 Å². The summed E-state index contributed by atoms with van der Waals surface area (Å²) in [5.41, 5.74) is 3.81. The zero-order chi connectivity index (χ0) is 17.0. The number of ketones is 1. The van der Waals surface area contributed by atoms with Gasteiger partial charge in [0.05, 0.1) is 5.25 Å². The smallest absolute Gasteiger partial charge is 0.237 e. The van der Waals surface area contributed by atoms with Crippen LogP contribution in [-0.4, -0.2) is 16.9 Å². The fraction of sp³-hybridized carbons (Fsp3) is 0.263. The van der Waals surface area contributed by atoms with Crippen molar-refractivity contribution in [3.8, 4) is 0 Å². The monoisotopic (exact) mass is 327 g/mol. The molecule has 3 nitrogen and oxygen atoms in total. The molecule has 2 aromatic rings. The van der Waals surface area contributed by atoms with E-state index >= 15 is 0 Å². The summed E-state index contributed by atoms with van der Waals surface area (Å²) in [6.07, 6.45) is 0. The Bertz CT molecular complexity index is 723. The first-order chi connectivity index (χ1) is 10.9. The lowest BCUT2D eigenvalue weighted by Crippen LogP contribution is -2.22. The molecule has 0 unspecified atom stereocenters. The molecule has 0 heterocycles. The highest BCUT2D eigenvalue weighted by molar-refractivity contribution is 8.00. The average Bonchev–Trinajstić information content (AvgIpc) is 2.51. The minimum atomic E-state index is -0.204. The lowest BCUT2D eigenvalue weighted by atomic mass is 10.1. The minimum absolute atomic E-state index is 0.0153. The zero-order valence-corrected chi connectivity index (χ0v) is 14.7. The molecular formula is C19H21NO2S. The maximum absolute atomic E-state index is 12.3. The number of hydrogen-bond acceptors (Lipinski definition) is 3. The third kappa shape index (κ3) is 4.70. The van der Waals surface area contributed by atoms with Gasteiger partial charge in [-0.05, 0) is 75.2 Å².